The van der Waals surface area contributed by atoms with Crippen LogP contribution in [0.5, 0.6) is 0 Å². The minimum atomic E-state index is -0.519. The van der Waals surface area contributed by atoms with Crippen molar-refractivity contribution in [1.82, 2.24) is 10.6 Å². The zero-order valence-electron chi connectivity index (χ0n) is 12.9. The molecule has 2 amide bonds. The number of ether oxygens (including phenoxy) is 1. The fourth-order valence-corrected chi connectivity index (χ4v) is 1.93. The van der Waals surface area contributed by atoms with E-state index < -0.39 is 6.04 Å². The lowest BCUT2D eigenvalue weighted by Gasteiger charge is -2.16. The summed E-state index contributed by atoms with van der Waals surface area (Å²) in [4.78, 5) is 23.4. The van der Waals surface area contributed by atoms with Crippen LogP contribution in [0.1, 0.15) is 39.5 Å². The zero-order valence-corrected chi connectivity index (χ0v) is 12.9. The van der Waals surface area contributed by atoms with Gasteiger partial charge in [0, 0.05) is 20.1 Å². The van der Waals surface area contributed by atoms with E-state index in [1.54, 1.807) is 14.0 Å². The van der Waals surface area contributed by atoms with Gasteiger partial charge >= 0.3 is 0 Å². The molecule has 0 aliphatic heterocycles. The topological polar surface area (TPSA) is 93.5 Å². The Bertz CT molecular complexity index is 285. The van der Waals surface area contributed by atoms with Crippen LogP contribution >= 0.6 is 0 Å². The molecule has 0 saturated carbocycles. The highest BCUT2D eigenvalue weighted by molar-refractivity contribution is 5.87. The van der Waals surface area contributed by atoms with Gasteiger partial charge in [0.15, 0.2) is 0 Å². The molecule has 2 atom stereocenters. The quantitative estimate of drug-likeness (QED) is 0.480. The van der Waals surface area contributed by atoms with Crippen molar-refractivity contribution in [2.75, 3.05) is 26.8 Å². The molecule has 6 nitrogen and oxygen atoms in total. The molecule has 0 bridgehead atoms. The summed E-state index contributed by atoms with van der Waals surface area (Å²) >= 11 is 0. The van der Waals surface area contributed by atoms with Gasteiger partial charge in [-0.3, -0.25) is 9.59 Å². The molecule has 0 aromatic heterocycles. The molecular formula is C14H29N3O3. The van der Waals surface area contributed by atoms with Crippen LogP contribution in [-0.4, -0.2) is 44.7 Å². The second-order valence-electron chi connectivity index (χ2n) is 4.96. The van der Waals surface area contributed by atoms with Gasteiger partial charge in [-0.15, -0.1) is 0 Å². The highest BCUT2D eigenvalue weighted by Gasteiger charge is 2.16. The van der Waals surface area contributed by atoms with Crippen molar-refractivity contribution in [3.63, 3.8) is 0 Å². The molecule has 0 aromatic carbocycles. The highest BCUT2D eigenvalue weighted by Crippen LogP contribution is 2.14. The van der Waals surface area contributed by atoms with Crippen LogP contribution in [0.2, 0.25) is 0 Å². The highest BCUT2D eigenvalue weighted by atomic mass is 16.5. The molecule has 0 rings (SSSR count). The molecule has 0 aromatic rings. The number of hydrogen-bond donors (Lipinski definition) is 3. The zero-order chi connectivity index (χ0) is 15.4. The first-order valence-electron chi connectivity index (χ1n) is 7.31. The molecule has 0 spiro atoms. The van der Waals surface area contributed by atoms with E-state index in [1.807, 2.05) is 0 Å². The number of nitrogens with one attached hydrogen (secondary N) is 2. The predicted octanol–water partition coefficient (Wildman–Crippen LogP) is 0.409. The second-order valence-corrected chi connectivity index (χ2v) is 4.96. The van der Waals surface area contributed by atoms with E-state index in [1.165, 1.54) is 0 Å². The van der Waals surface area contributed by atoms with Crippen LogP contribution in [0, 0.1) is 5.92 Å². The van der Waals surface area contributed by atoms with Crippen molar-refractivity contribution in [3.05, 3.63) is 0 Å². The fraction of sp³-hybridized carbons (Fsp3) is 0.857. The van der Waals surface area contributed by atoms with Gasteiger partial charge in [0.1, 0.15) is 6.04 Å². The Kier molecular flexibility index (Phi) is 11.0. The molecule has 4 N–H and O–H groups in total. The maximum Gasteiger partial charge on any atom is 0.242 e. The van der Waals surface area contributed by atoms with E-state index in [-0.39, 0.29) is 11.8 Å². The van der Waals surface area contributed by atoms with Gasteiger partial charge in [0.25, 0.3) is 0 Å². The summed E-state index contributed by atoms with van der Waals surface area (Å²) in [5, 5.41) is 5.39. The molecule has 20 heavy (non-hydrogen) atoms. The van der Waals surface area contributed by atoms with Crippen LogP contribution in [0.25, 0.3) is 0 Å². The smallest absolute Gasteiger partial charge is 0.242 e. The molecule has 2 unspecified atom stereocenters. The van der Waals surface area contributed by atoms with Crippen LogP contribution in [-0.2, 0) is 14.3 Å². The number of hydrogen-bond acceptors (Lipinski definition) is 4. The molecular weight excluding hydrogens is 258 g/mol. The Morgan fingerprint density at radius 3 is 2.55 bits per heavy atom. The summed E-state index contributed by atoms with van der Waals surface area (Å²) < 4.78 is 4.84. The van der Waals surface area contributed by atoms with E-state index in [4.69, 9.17) is 10.5 Å². The average Bonchev–Trinajstić information content (AvgIpc) is 2.43. The van der Waals surface area contributed by atoms with Gasteiger partial charge in [0.05, 0.1) is 6.61 Å². The van der Waals surface area contributed by atoms with Gasteiger partial charge < -0.3 is 21.1 Å². The number of rotatable bonds is 11. The van der Waals surface area contributed by atoms with E-state index in [2.05, 4.69) is 17.6 Å². The standard InChI is InChI=1S/C14H29N3O3/c1-4-12(7-8-15)5-6-13(18)17-11(2)14(19)16-9-10-20-3/h11-12H,4-10,15H2,1-3H3,(H,16,19)(H,17,18). The van der Waals surface area contributed by atoms with Crippen LogP contribution in [0.15, 0.2) is 0 Å². The SMILES string of the molecule is CCC(CCN)CCC(=O)NC(C)C(=O)NCCOC. The molecule has 0 aliphatic carbocycles. The lowest BCUT2D eigenvalue weighted by molar-refractivity contribution is -0.128. The maximum absolute atomic E-state index is 11.8. The van der Waals surface area contributed by atoms with Crippen molar-refractivity contribution in [2.24, 2.45) is 11.7 Å². The van der Waals surface area contributed by atoms with Crippen molar-refractivity contribution < 1.29 is 14.3 Å². The molecule has 118 valence electrons. The largest absolute Gasteiger partial charge is 0.383 e. The average molecular weight is 287 g/mol. The third kappa shape index (κ3) is 8.87. The summed E-state index contributed by atoms with van der Waals surface area (Å²) in [6.45, 7) is 5.34. The summed E-state index contributed by atoms with van der Waals surface area (Å²) in [6, 6.07) is -0.519. The second kappa shape index (κ2) is 11.7. The van der Waals surface area contributed by atoms with Crippen molar-refractivity contribution in [2.45, 2.75) is 45.6 Å². The third-order valence-corrected chi connectivity index (χ3v) is 3.31. The molecule has 0 fully saturated rings. The maximum atomic E-state index is 11.8. The van der Waals surface area contributed by atoms with Gasteiger partial charge in [-0.1, -0.05) is 13.3 Å². The number of carbonyl (C=O) groups excluding carboxylic acids is 2. The fourth-order valence-electron chi connectivity index (χ4n) is 1.93. The summed E-state index contributed by atoms with van der Waals surface area (Å²) in [6.07, 6.45) is 3.22. The van der Waals surface area contributed by atoms with E-state index in [0.29, 0.717) is 32.0 Å². The molecule has 6 heteroatoms. The van der Waals surface area contributed by atoms with Crippen molar-refractivity contribution in [3.8, 4) is 0 Å². The first-order chi connectivity index (χ1) is 9.54. The van der Waals surface area contributed by atoms with E-state index in [9.17, 15) is 9.59 Å². The molecule has 0 aliphatic rings. The number of carbonyl (C=O) groups is 2. The normalized spacial score (nSPS) is 13.6. The molecule has 0 saturated heterocycles. The molecule has 0 radical (unpaired) electrons. The lowest BCUT2D eigenvalue weighted by atomic mass is 9.96. The Labute approximate surface area is 121 Å². The Hall–Kier alpha value is -1.14. The van der Waals surface area contributed by atoms with Gasteiger partial charge in [-0.25, -0.2) is 0 Å². The first kappa shape index (κ1) is 18.9. The minimum Gasteiger partial charge on any atom is -0.383 e. The third-order valence-electron chi connectivity index (χ3n) is 3.31. The van der Waals surface area contributed by atoms with Crippen molar-refractivity contribution >= 4 is 11.8 Å². The summed E-state index contributed by atoms with van der Waals surface area (Å²) in [5.41, 5.74) is 5.53. The first-order valence-corrected chi connectivity index (χ1v) is 7.31. The Balaban J connectivity index is 3.91. The van der Waals surface area contributed by atoms with E-state index >= 15 is 0 Å². The molecule has 0 heterocycles. The van der Waals surface area contributed by atoms with E-state index in [0.717, 1.165) is 19.3 Å². The number of nitrogens with two attached hydrogens (primary N) is 1. The van der Waals surface area contributed by atoms with Crippen LogP contribution < -0.4 is 16.4 Å². The van der Waals surface area contributed by atoms with Gasteiger partial charge in [-0.05, 0) is 32.2 Å². The van der Waals surface area contributed by atoms with Gasteiger partial charge in [-0.2, -0.15) is 0 Å². The number of amides is 2. The minimum absolute atomic E-state index is 0.0881. The lowest BCUT2D eigenvalue weighted by Crippen LogP contribution is -2.45. The van der Waals surface area contributed by atoms with Crippen LogP contribution in [0.4, 0.5) is 0 Å². The Morgan fingerprint density at radius 2 is 2.00 bits per heavy atom. The summed E-state index contributed by atoms with van der Waals surface area (Å²) in [5.74, 6) is 0.204. The van der Waals surface area contributed by atoms with Crippen LogP contribution in [0.3, 0.4) is 0 Å². The monoisotopic (exact) mass is 287 g/mol. The summed E-state index contributed by atoms with van der Waals surface area (Å²) in [7, 11) is 1.57. The van der Waals surface area contributed by atoms with Gasteiger partial charge in [0.2, 0.25) is 11.8 Å². The number of methoxy groups -OCH3 is 1. The predicted molar refractivity (Wildman–Crippen MR) is 79.2 cm³/mol. The Morgan fingerprint density at radius 1 is 1.30 bits per heavy atom. The van der Waals surface area contributed by atoms with Crippen molar-refractivity contribution in [1.29, 1.82) is 0 Å².